The molecular formula is C12H17BrFN. The minimum atomic E-state index is -0.229. The zero-order chi connectivity index (χ0) is 11.5. The molecule has 0 aliphatic carbocycles. The quantitative estimate of drug-likeness (QED) is 0.891. The SMILES string of the molecule is CCCC(C)(N)Cc1ccc(F)c(Br)c1. The number of rotatable bonds is 4. The van der Waals surface area contributed by atoms with Crippen molar-refractivity contribution in [1.29, 1.82) is 0 Å². The lowest BCUT2D eigenvalue weighted by molar-refractivity contribution is 0.424. The van der Waals surface area contributed by atoms with Crippen LogP contribution in [0.2, 0.25) is 0 Å². The van der Waals surface area contributed by atoms with Gasteiger partial charge in [-0.1, -0.05) is 19.4 Å². The lowest BCUT2D eigenvalue weighted by atomic mass is 9.90. The molecule has 0 aliphatic rings. The van der Waals surface area contributed by atoms with E-state index >= 15 is 0 Å². The molecule has 0 saturated carbocycles. The molecule has 1 aromatic carbocycles. The van der Waals surface area contributed by atoms with Crippen LogP contribution in [0.4, 0.5) is 4.39 Å². The standard InChI is InChI=1S/C12H17BrFN/c1-3-6-12(2,15)8-9-4-5-11(14)10(13)7-9/h4-5,7H,3,6,8,15H2,1-2H3. The van der Waals surface area contributed by atoms with Crippen LogP contribution in [0, 0.1) is 5.82 Å². The van der Waals surface area contributed by atoms with Crippen molar-refractivity contribution < 1.29 is 4.39 Å². The van der Waals surface area contributed by atoms with E-state index in [0.717, 1.165) is 24.8 Å². The van der Waals surface area contributed by atoms with Crippen LogP contribution in [0.15, 0.2) is 22.7 Å². The molecule has 3 heteroatoms. The van der Waals surface area contributed by atoms with Crippen LogP contribution < -0.4 is 5.73 Å². The van der Waals surface area contributed by atoms with Crippen molar-refractivity contribution >= 4 is 15.9 Å². The first-order valence-electron chi connectivity index (χ1n) is 5.17. The fourth-order valence-electron chi connectivity index (χ4n) is 1.78. The minimum Gasteiger partial charge on any atom is -0.325 e. The second-order valence-corrected chi connectivity index (χ2v) is 5.18. The Morgan fingerprint density at radius 1 is 1.47 bits per heavy atom. The highest BCUT2D eigenvalue weighted by atomic mass is 79.9. The summed E-state index contributed by atoms with van der Waals surface area (Å²) in [7, 11) is 0. The van der Waals surface area contributed by atoms with Crippen molar-refractivity contribution in [2.75, 3.05) is 0 Å². The van der Waals surface area contributed by atoms with Crippen molar-refractivity contribution in [2.45, 2.75) is 38.6 Å². The van der Waals surface area contributed by atoms with E-state index in [4.69, 9.17) is 5.73 Å². The molecule has 1 atom stereocenters. The average Bonchev–Trinajstić information content (AvgIpc) is 2.10. The van der Waals surface area contributed by atoms with E-state index in [9.17, 15) is 4.39 Å². The third-order valence-electron chi connectivity index (χ3n) is 2.41. The Kier molecular flexibility index (Phi) is 4.29. The van der Waals surface area contributed by atoms with E-state index in [2.05, 4.69) is 22.9 Å². The van der Waals surface area contributed by atoms with Crippen molar-refractivity contribution in [2.24, 2.45) is 5.73 Å². The Balaban J connectivity index is 2.76. The predicted octanol–water partition coefficient (Wildman–Crippen LogP) is 3.65. The van der Waals surface area contributed by atoms with Crippen LogP contribution in [0.1, 0.15) is 32.3 Å². The van der Waals surface area contributed by atoms with E-state index in [0.29, 0.717) is 4.47 Å². The summed E-state index contributed by atoms with van der Waals surface area (Å²) in [5.74, 6) is -0.229. The molecule has 84 valence electrons. The molecule has 0 heterocycles. The van der Waals surface area contributed by atoms with Gasteiger partial charge in [-0.15, -0.1) is 0 Å². The van der Waals surface area contributed by atoms with Gasteiger partial charge in [0.25, 0.3) is 0 Å². The number of nitrogens with two attached hydrogens (primary N) is 1. The van der Waals surface area contributed by atoms with Gasteiger partial charge in [-0.25, -0.2) is 4.39 Å². The zero-order valence-corrected chi connectivity index (χ0v) is 10.8. The first kappa shape index (κ1) is 12.7. The second kappa shape index (κ2) is 5.08. The van der Waals surface area contributed by atoms with Gasteiger partial charge in [-0.05, 0) is 53.4 Å². The van der Waals surface area contributed by atoms with Crippen molar-refractivity contribution in [1.82, 2.24) is 0 Å². The summed E-state index contributed by atoms with van der Waals surface area (Å²) in [5.41, 5.74) is 7.01. The van der Waals surface area contributed by atoms with Crippen LogP contribution in [-0.4, -0.2) is 5.54 Å². The molecule has 0 bridgehead atoms. The van der Waals surface area contributed by atoms with Crippen LogP contribution >= 0.6 is 15.9 Å². The van der Waals surface area contributed by atoms with Crippen LogP contribution in [-0.2, 0) is 6.42 Å². The van der Waals surface area contributed by atoms with Gasteiger partial charge in [0.2, 0.25) is 0 Å². The van der Waals surface area contributed by atoms with Crippen LogP contribution in [0.5, 0.6) is 0 Å². The predicted molar refractivity (Wildman–Crippen MR) is 65.3 cm³/mol. The molecule has 0 radical (unpaired) electrons. The van der Waals surface area contributed by atoms with E-state index < -0.39 is 0 Å². The minimum absolute atomic E-state index is 0.202. The highest BCUT2D eigenvalue weighted by molar-refractivity contribution is 9.10. The first-order chi connectivity index (χ1) is 6.94. The molecule has 2 N–H and O–H groups in total. The first-order valence-corrected chi connectivity index (χ1v) is 5.97. The molecule has 1 aromatic rings. The number of hydrogen-bond donors (Lipinski definition) is 1. The normalized spacial score (nSPS) is 15.0. The van der Waals surface area contributed by atoms with Gasteiger partial charge in [-0.2, -0.15) is 0 Å². The fraction of sp³-hybridized carbons (Fsp3) is 0.500. The van der Waals surface area contributed by atoms with Gasteiger partial charge in [-0.3, -0.25) is 0 Å². The van der Waals surface area contributed by atoms with E-state index in [1.54, 1.807) is 12.1 Å². The summed E-state index contributed by atoms with van der Waals surface area (Å²) < 4.78 is 13.5. The molecule has 0 fully saturated rings. The molecule has 0 saturated heterocycles. The topological polar surface area (TPSA) is 26.0 Å². The van der Waals surface area contributed by atoms with Crippen LogP contribution in [0.3, 0.4) is 0 Å². The third kappa shape index (κ3) is 3.92. The summed E-state index contributed by atoms with van der Waals surface area (Å²) in [5, 5.41) is 0. The Labute approximate surface area is 99.0 Å². The number of halogens is 2. The molecule has 0 spiro atoms. The summed E-state index contributed by atoms with van der Waals surface area (Å²) in [6.07, 6.45) is 2.82. The van der Waals surface area contributed by atoms with Crippen molar-refractivity contribution in [3.63, 3.8) is 0 Å². The fourth-order valence-corrected chi connectivity index (χ4v) is 2.20. The largest absolute Gasteiger partial charge is 0.325 e. The molecule has 15 heavy (non-hydrogen) atoms. The maximum absolute atomic E-state index is 13.0. The zero-order valence-electron chi connectivity index (χ0n) is 9.19. The molecule has 0 aromatic heterocycles. The smallest absolute Gasteiger partial charge is 0.137 e. The van der Waals surface area contributed by atoms with Gasteiger partial charge in [0.1, 0.15) is 5.82 Å². The maximum atomic E-state index is 13.0. The van der Waals surface area contributed by atoms with Gasteiger partial charge in [0, 0.05) is 5.54 Å². The third-order valence-corrected chi connectivity index (χ3v) is 3.02. The highest BCUT2D eigenvalue weighted by Crippen LogP contribution is 2.21. The van der Waals surface area contributed by atoms with E-state index in [1.807, 2.05) is 6.92 Å². The molecule has 0 aliphatic heterocycles. The van der Waals surface area contributed by atoms with Crippen LogP contribution in [0.25, 0.3) is 0 Å². The molecule has 0 amide bonds. The van der Waals surface area contributed by atoms with E-state index in [1.165, 1.54) is 6.07 Å². The van der Waals surface area contributed by atoms with Gasteiger partial charge >= 0.3 is 0 Å². The number of hydrogen-bond acceptors (Lipinski definition) is 1. The van der Waals surface area contributed by atoms with E-state index in [-0.39, 0.29) is 11.4 Å². The van der Waals surface area contributed by atoms with Gasteiger partial charge in [0.15, 0.2) is 0 Å². The second-order valence-electron chi connectivity index (χ2n) is 4.33. The summed E-state index contributed by atoms with van der Waals surface area (Å²) in [6.45, 7) is 4.15. The Morgan fingerprint density at radius 3 is 2.67 bits per heavy atom. The highest BCUT2D eigenvalue weighted by Gasteiger charge is 2.18. The summed E-state index contributed by atoms with van der Waals surface area (Å²) >= 11 is 3.18. The van der Waals surface area contributed by atoms with Crippen molar-refractivity contribution in [3.8, 4) is 0 Å². The van der Waals surface area contributed by atoms with Crippen molar-refractivity contribution in [3.05, 3.63) is 34.1 Å². The van der Waals surface area contributed by atoms with Gasteiger partial charge in [0.05, 0.1) is 4.47 Å². The molecule has 1 unspecified atom stereocenters. The maximum Gasteiger partial charge on any atom is 0.137 e. The lowest BCUT2D eigenvalue weighted by Crippen LogP contribution is -2.38. The lowest BCUT2D eigenvalue weighted by Gasteiger charge is -2.24. The summed E-state index contributed by atoms with van der Waals surface area (Å²) in [4.78, 5) is 0. The molecule has 1 nitrogen and oxygen atoms in total. The van der Waals surface area contributed by atoms with Gasteiger partial charge < -0.3 is 5.73 Å². The molecule has 1 rings (SSSR count). The Bertz CT molecular complexity index is 336. The Hall–Kier alpha value is -0.410. The number of benzene rings is 1. The summed E-state index contributed by atoms with van der Waals surface area (Å²) in [6, 6.07) is 5.07. The monoisotopic (exact) mass is 273 g/mol. The average molecular weight is 274 g/mol. The Morgan fingerprint density at radius 2 is 2.13 bits per heavy atom. The molecular weight excluding hydrogens is 257 g/mol.